The molecule has 0 aliphatic rings. The molecule has 1 aromatic heterocycles. The first kappa shape index (κ1) is 13.7. The quantitative estimate of drug-likeness (QED) is 0.783. The summed E-state index contributed by atoms with van der Waals surface area (Å²) in [6.45, 7) is 4.92. The molecule has 5 heteroatoms. The Morgan fingerprint density at radius 2 is 2.35 bits per heavy atom. The topological polar surface area (TPSA) is 57.2 Å². The van der Waals surface area contributed by atoms with Gasteiger partial charge in [-0.1, -0.05) is 26.1 Å². The highest BCUT2D eigenvalue weighted by atomic mass is 32.1. The molecular weight excluding hydrogens is 236 g/mol. The van der Waals surface area contributed by atoms with Crippen molar-refractivity contribution in [3.63, 3.8) is 0 Å². The number of aromatic nitrogens is 1. The summed E-state index contributed by atoms with van der Waals surface area (Å²) in [4.78, 5) is 12.4. The van der Waals surface area contributed by atoms with Gasteiger partial charge >= 0.3 is 0 Å². The number of rotatable bonds is 6. The first-order valence-corrected chi connectivity index (χ1v) is 6.08. The van der Waals surface area contributed by atoms with Crippen molar-refractivity contribution in [2.45, 2.75) is 26.8 Å². The van der Waals surface area contributed by atoms with E-state index >= 15 is 0 Å². The van der Waals surface area contributed by atoms with Gasteiger partial charge in [-0.25, -0.2) is 0 Å². The fraction of sp³-hybridized carbons (Fsp3) is 0.500. The Hall–Kier alpha value is -1.36. The van der Waals surface area contributed by atoms with Crippen LogP contribution < -0.4 is 16.0 Å². The summed E-state index contributed by atoms with van der Waals surface area (Å²) in [5.74, 6) is 0.369. The number of thiocarbonyl (C=S) groups is 1. The van der Waals surface area contributed by atoms with Gasteiger partial charge in [0.1, 0.15) is 0 Å². The molecule has 0 spiro atoms. The van der Waals surface area contributed by atoms with Crippen molar-refractivity contribution < 1.29 is 4.74 Å². The normalized spacial score (nSPS) is 12.1. The lowest BCUT2D eigenvalue weighted by atomic mass is 10.2. The maximum absolute atomic E-state index is 12.0. The van der Waals surface area contributed by atoms with Crippen molar-refractivity contribution in [1.82, 2.24) is 4.57 Å². The van der Waals surface area contributed by atoms with Crippen LogP contribution in [0.2, 0.25) is 0 Å². The summed E-state index contributed by atoms with van der Waals surface area (Å²) in [6.07, 6.45) is 2.59. The predicted octanol–water partition coefficient (Wildman–Crippen LogP) is 1.56. The van der Waals surface area contributed by atoms with E-state index in [1.54, 1.807) is 22.9 Å². The van der Waals surface area contributed by atoms with Crippen LogP contribution in [0.3, 0.4) is 0 Å². The van der Waals surface area contributed by atoms with Gasteiger partial charge in [-0.05, 0) is 18.6 Å². The Balaban J connectivity index is 2.87. The molecule has 0 saturated carbocycles. The first-order valence-electron chi connectivity index (χ1n) is 5.67. The van der Waals surface area contributed by atoms with Gasteiger partial charge in [0.25, 0.3) is 5.56 Å². The molecule has 0 saturated heterocycles. The molecule has 1 rings (SSSR count). The van der Waals surface area contributed by atoms with Crippen molar-refractivity contribution in [2.75, 3.05) is 6.61 Å². The first-order chi connectivity index (χ1) is 8.06. The minimum atomic E-state index is -0.135. The Morgan fingerprint density at radius 3 is 2.94 bits per heavy atom. The molecular formula is C12H18N2O2S. The molecule has 0 bridgehead atoms. The highest BCUT2D eigenvalue weighted by molar-refractivity contribution is 7.80. The van der Waals surface area contributed by atoms with Gasteiger partial charge < -0.3 is 15.0 Å². The summed E-state index contributed by atoms with van der Waals surface area (Å²) in [5.41, 5.74) is 5.40. The van der Waals surface area contributed by atoms with Crippen LogP contribution in [0.4, 0.5) is 0 Å². The van der Waals surface area contributed by atoms with Crippen molar-refractivity contribution in [3.8, 4) is 5.75 Å². The molecule has 17 heavy (non-hydrogen) atoms. The lowest BCUT2D eigenvalue weighted by Gasteiger charge is -2.13. The van der Waals surface area contributed by atoms with Crippen molar-refractivity contribution in [3.05, 3.63) is 28.7 Å². The molecule has 0 aliphatic heterocycles. The summed E-state index contributed by atoms with van der Waals surface area (Å²) >= 11 is 4.89. The smallest absolute Gasteiger partial charge is 0.292 e. The van der Waals surface area contributed by atoms with Crippen LogP contribution in [0, 0.1) is 5.92 Å². The molecule has 0 aliphatic carbocycles. The SMILES string of the molecule is CCCOc1cccn(CC(C)C(N)=S)c1=O. The fourth-order valence-corrected chi connectivity index (χ4v) is 1.44. The number of nitrogens with two attached hydrogens (primary N) is 1. The van der Waals surface area contributed by atoms with Gasteiger partial charge in [0.2, 0.25) is 0 Å². The highest BCUT2D eigenvalue weighted by Gasteiger charge is 2.09. The molecule has 0 amide bonds. The average Bonchev–Trinajstić information content (AvgIpc) is 2.30. The molecule has 94 valence electrons. The van der Waals surface area contributed by atoms with E-state index in [1.807, 2.05) is 13.8 Å². The van der Waals surface area contributed by atoms with Gasteiger partial charge in [0, 0.05) is 18.7 Å². The van der Waals surface area contributed by atoms with E-state index < -0.39 is 0 Å². The molecule has 1 aromatic rings. The van der Waals surface area contributed by atoms with E-state index in [2.05, 4.69) is 0 Å². The van der Waals surface area contributed by atoms with Gasteiger partial charge in [-0.15, -0.1) is 0 Å². The van der Waals surface area contributed by atoms with Crippen LogP contribution in [-0.2, 0) is 6.54 Å². The molecule has 1 unspecified atom stereocenters. The average molecular weight is 254 g/mol. The van der Waals surface area contributed by atoms with E-state index in [1.165, 1.54) is 0 Å². The van der Waals surface area contributed by atoms with Crippen molar-refractivity contribution in [2.24, 2.45) is 11.7 Å². The fourth-order valence-electron chi connectivity index (χ4n) is 1.37. The second kappa shape index (κ2) is 6.39. The maximum Gasteiger partial charge on any atom is 0.292 e. The minimum Gasteiger partial charge on any atom is -0.488 e. The number of pyridine rings is 1. The van der Waals surface area contributed by atoms with Crippen molar-refractivity contribution in [1.29, 1.82) is 0 Å². The van der Waals surface area contributed by atoms with Crippen LogP contribution in [0.5, 0.6) is 5.75 Å². The molecule has 0 aromatic carbocycles. The monoisotopic (exact) mass is 254 g/mol. The lowest BCUT2D eigenvalue weighted by molar-refractivity contribution is 0.309. The Kier molecular flexibility index (Phi) is 5.15. The predicted molar refractivity (Wildman–Crippen MR) is 72.4 cm³/mol. The Labute approximate surface area is 106 Å². The van der Waals surface area contributed by atoms with Gasteiger partial charge in [-0.2, -0.15) is 0 Å². The Morgan fingerprint density at radius 1 is 1.65 bits per heavy atom. The zero-order valence-electron chi connectivity index (χ0n) is 10.2. The summed E-state index contributed by atoms with van der Waals surface area (Å²) in [7, 11) is 0. The van der Waals surface area contributed by atoms with E-state index in [0.717, 1.165) is 6.42 Å². The summed E-state index contributed by atoms with van der Waals surface area (Å²) < 4.78 is 6.95. The second-order valence-corrected chi connectivity index (χ2v) is 4.45. The molecule has 4 nitrogen and oxygen atoms in total. The van der Waals surface area contributed by atoms with Crippen LogP contribution in [-0.4, -0.2) is 16.2 Å². The Bertz CT molecular complexity index is 442. The lowest BCUT2D eigenvalue weighted by Crippen LogP contribution is -2.29. The highest BCUT2D eigenvalue weighted by Crippen LogP contribution is 2.05. The largest absolute Gasteiger partial charge is 0.488 e. The van der Waals surface area contributed by atoms with E-state index in [0.29, 0.717) is 23.9 Å². The maximum atomic E-state index is 12.0. The second-order valence-electron chi connectivity index (χ2n) is 3.98. The number of hydrogen-bond acceptors (Lipinski definition) is 3. The van der Waals surface area contributed by atoms with Crippen LogP contribution in [0.15, 0.2) is 23.1 Å². The molecule has 0 fully saturated rings. The third-order valence-electron chi connectivity index (χ3n) is 2.40. The zero-order valence-corrected chi connectivity index (χ0v) is 11.0. The summed E-state index contributed by atoms with van der Waals surface area (Å²) in [5, 5.41) is 0. The third kappa shape index (κ3) is 3.85. The minimum absolute atomic E-state index is 0.0101. The van der Waals surface area contributed by atoms with E-state index in [9.17, 15) is 4.79 Å². The van der Waals surface area contributed by atoms with Gasteiger partial charge in [-0.3, -0.25) is 4.79 Å². The van der Waals surface area contributed by atoms with E-state index in [4.69, 9.17) is 22.7 Å². The van der Waals surface area contributed by atoms with Crippen LogP contribution >= 0.6 is 12.2 Å². The van der Waals surface area contributed by atoms with Crippen molar-refractivity contribution >= 4 is 17.2 Å². The number of ether oxygens (including phenoxy) is 1. The van der Waals surface area contributed by atoms with Crippen LogP contribution in [0.25, 0.3) is 0 Å². The number of hydrogen-bond donors (Lipinski definition) is 1. The number of nitrogens with zero attached hydrogens (tertiary/aromatic N) is 1. The third-order valence-corrected chi connectivity index (χ3v) is 2.81. The molecule has 0 radical (unpaired) electrons. The van der Waals surface area contributed by atoms with Crippen LogP contribution in [0.1, 0.15) is 20.3 Å². The molecule has 1 atom stereocenters. The zero-order chi connectivity index (χ0) is 12.8. The molecule has 2 N–H and O–H groups in total. The van der Waals surface area contributed by atoms with Gasteiger partial charge in [0.15, 0.2) is 5.75 Å². The summed E-state index contributed by atoms with van der Waals surface area (Å²) in [6, 6.07) is 3.47. The standard InChI is InChI=1S/C12H18N2O2S/c1-3-7-16-10-5-4-6-14(12(10)15)8-9(2)11(13)17/h4-6,9H,3,7-8H2,1-2H3,(H2,13,17). The van der Waals surface area contributed by atoms with E-state index in [-0.39, 0.29) is 11.5 Å². The van der Waals surface area contributed by atoms with Gasteiger partial charge in [0.05, 0.1) is 11.6 Å². The molecule has 1 heterocycles.